The Labute approximate surface area is 157 Å². The SMILES string of the molecule is O=C(CSc1ccccc1)N1CCc2nc(-c3ccccc3)ncc2C1. The largest absolute Gasteiger partial charge is 0.337 e. The lowest BCUT2D eigenvalue weighted by Gasteiger charge is -2.28. The van der Waals surface area contributed by atoms with Gasteiger partial charge in [0.15, 0.2) is 5.82 Å². The van der Waals surface area contributed by atoms with Crippen LogP contribution in [-0.4, -0.2) is 33.1 Å². The minimum Gasteiger partial charge on any atom is -0.337 e. The Morgan fingerprint density at radius 3 is 2.54 bits per heavy atom. The van der Waals surface area contributed by atoms with Crippen LogP contribution in [0.5, 0.6) is 0 Å². The summed E-state index contributed by atoms with van der Waals surface area (Å²) in [4.78, 5) is 24.8. The number of amides is 1. The zero-order chi connectivity index (χ0) is 17.8. The van der Waals surface area contributed by atoms with Crippen LogP contribution in [0.15, 0.2) is 71.8 Å². The highest BCUT2D eigenvalue weighted by Crippen LogP contribution is 2.23. The average molecular weight is 361 g/mol. The molecule has 3 aromatic rings. The van der Waals surface area contributed by atoms with E-state index in [-0.39, 0.29) is 5.91 Å². The Morgan fingerprint density at radius 1 is 1.04 bits per heavy atom. The summed E-state index contributed by atoms with van der Waals surface area (Å²) in [6.07, 6.45) is 2.65. The molecule has 0 atom stereocenters. The van der Waals surface area contributed by atoms with Gasteiger partial charge >= 0.3 is 0 Å². The molecular weight excluding hydrogens is 342 g/mol. The first-order valence-corrected chi connectivity index (χ1v) is 9.64. The van der Waals surface area contributed by atoms with Crippen molar-refractivity contribution in [1.82, 2.24) is 14.9 Å². The van der Waals surface area contributed by atoms with Gasteiger partial charge in [0.05, 0.1) is 11.4 Å². The van der Waals surface area contributed by atoms with Crippen LogP contribution in [0.2, 0.25) is 0 Å². The molecule has 0 unspecified atom stereocenters. The van der Waals surface area contributed by atoms with E-state index in [2.05, 4.69) is 4.98 Å². The highest BCUT2D eigenvalue weighted by molar-refractivity contribution is 8.00. The van der Waals surface area contributed by atoms with Crippen molar-refractivity contribution in [3.05, 3.63) is 78.1 Å². The average Bonchev–Trinajstić information content (AvgIpc) is 2.72. The predicted octanol–water partition coefficient (Wildman–Crippen LogP) is 3.82. The van der Waals surface area contributed by atoms with Crippen LogP contribution in [0.4, 0.5) is 0 Å². The van der Waals surface area contributed by atoms with Crippen molar-refractivity contribution in [3.63, 3.8) is 0 Å². The van der Waals surface area contributed by atoms with Crippen LogP contribution < -0.4 is 0 Å². The molecule has 26 heavy (non-hydrogen) atoms. The van der Waals surface area contributed by atoms with E-state index < -0.39 is 0 Å². The Bertz CT molecular complexity index is 900. The van der Waals surface area contributed by atoms with Gasteiger partial charge in [-0.2, -0.15) is 0 Å². The van der Waals surface area contributed by atoms with Gasteiger partial charge < -0.3 is 4.90 Å². The number of benzene rings is 2. The number of carbonyl (C=O) groups excluding carboxylic acids is 1. The van der Waals surface area contributed by atoms with E-state index in [1.54, 1.807) is 11.8 Å². The van der Waals surface area contributed by atoms with E-state index >= 15 is 0 Å². The van der Waals surface area contributed by atoms with Gasteiger partial charge in [0.2, 0.25) is 5.91 Å². The summed E-state index contributed by atoms with van der Waals surface area (Å²) in [7, 11) is 0. The Morgan fingerprint density at radius 2 is 1.77 bits per heavy atom. The number of hydrogen-bond acceptors (Lipinski definition) is 4. The third-order valence-corrected chi connectivity index (χ3v) is 5.42. The van der Waals surface area contributed by atoms with Crippen LogP contribution in [0.3, 0.4) is 0 Å². The van der Waals surface area contributed by atoms with E-state index in [1.165, 1.54) is 0 Å². The summed E-state index contributed by atoms with van der Waals surface area (Å²) in [6, 6.07) is 20.0. The summed E-state index contributed by atoms with van der Waals surface area (Å²) in [5.41, 5.74) is 3.13. The van der Waals surface area contributed by atoms with Gasteiger partial charge in [0.1, 0.15) is 0 Å². The molecule has 0 fully saturated rings. The molecule has 2 heterocycles. The third-order valence-electron chi connectivity index (χ3n) is 4.42. The topological polar surface area (TPSA) is 46.1 Å². The van der Waals surface area contributed by atoms with E-state index in [0.29, 0.717) is 18.8 Å². The maximum Gasteiger partial charge on any atom is 0.233 e. The molecule has 5 heteroatoms. The first-order valence-electron chi connectivity index (χ1n) is 8.65. The molecule has 4 nitrogen and oxygen atoms in total. The number of hydrogen-bond donors (Lipinski definition) is 0. The Hall–Kier alpha value is -2.66. The minimum absolute atomic E-state index is 0.164. The molecule has 1 aliphatic heterocycles. The minimum atomic E-state index is 0.164. The van der Waals surface area contributed by atoms with Crippen molar-refractivity contribution in [3.8, 4) is 11.4 Å². The molecule has 0 saturated carbocycles. The standard InChI is InChI=1S/C21H19N3OS/c25-20(15-26-18-9-5-2-6-10-18)24-12-11-19-17(14-24)13-22-21(23-19)16-7-3-1-4-8-16/h1-10,13H,11-12,14-15H2. The number of nitrogens with zero attached hydrogens (tertiary/aromatic N) is 3. The van der Waals surface area contributed by atoms with Crippen molar-refractivity contribution in [1.29, 1.82) is 0 Å². The lowest BCUT2D eigenvalue weighted by Crippen LogP contribution is -2.37. The lowest BCUT2D eigenvalue weighted by molar-refractivity contribution is -0.129. The number of fused-ring (bicyclic) bond motifs is 1. The summed E-state index contributed by atoms with van der Waals surface area (Å²) >= 11 is 1.58. The molecule has 1 amide bonds. The molecule has 130 valence electrons. The molecule has 1 aliphatic rings. The molecule has 0 spiro atoms. The molecule has 2 aromatic carbocycles. The van der Waals surface area contributed by atoms with Gasteiger partial charge in [-0.15, -0.1) is 11.8 Å². The number of carbonyl (C=O) groups is 1. The molecule has 0 aliphatic carbocycles. The normalized spacial score (nSPS) is 13.3. The first-order chi connectivity index (χ1) is 12.8. The van der Waals surface area contributed by atoms with Gasteiger partial charge in [-0.25, -0.2) is 9.97 Å². The lowest BCUT2D eigenvalue weighted by atomic mass is 10.1. The maximum absolute atomic E-state index is 12.5. The summed E-state index contributed by atoms with van der Waals surface area (Å²) in [6.45, 7) is 1.31. The Balaban J connectivity index is 1.42. The van der Waals surface area contributed by atoms with E-state index in [0.717, 1.165) is 34.0 Å². The second-order valence-electron chi connectivity index (χ2n) is 6.20. The van der Waals surface area contributed by atoms with Crippen LogP contribution in [0.25, 0.3) is 11.4 Å². The third kappa shape index (κ3) is 3.78. The quantitative estimate of drug-likeness (QED) is 0.663. The van der Waals surface area contributed by atoms with Crippen molar-refractivity contribution < 1.29 is 4.79 Å². The first kappa shape index (κ1) is 16.8. The van der Waals surface area contributed by atoms with Gasteiger partial charge in [-0.3, -0.25) is 4.79 Å². The fourth-order valence-corrected chi connectivity index (χ4v) is 3.83. The van der Waals surface area contributed by atoms with Crippen LogP contribution in [-0.2, 0) is 17.8 Å². The van der Waals surface area contributed by atoms with Crippen molar-refractivity contribution in [2.24, 2.45) is 0 Å². The molecule has 1 aromatic heterocycles. The van der Waals surface area contributed by atoms with Crippen LogP contribution in [0, 0.1) is 0 Å². The van der Waals surface area contributed by atoms with Gasteiger partial charge in [0, 0.05) is 41.7 Å². The van der Waals surface area contributed by atoms with Crippen molar-refractivity contribution >= 4 is 17.7 Å². The number of rotatable bonds is 4. The van der Waals surface area contributed by atoms with Gasteiger partial charge in [-0.1, -0.05) is 48.5 Å². The van der Waals surface area contributed by atoms with E-state index in [1.807, 2.05) is 71.8 Å². The zero-order valence-electron chi connectivity index (χ0n) is 14.3. The smallest absolute Gasteiger partial charge is 0.233 e. The molecule has 4 rings (SSSR count). The fraction of sp³-hybridized carbons (Fsp3) is 0.190. The van der Waals surface area contributed by atoms with Crippen molar-refractivity contribution in [2.45, 2.75) is 17.9 Å². The second kappa shape index (κ2) is 7.70. The zero-order valence-corrected chi connectivity index (χ0v) is 15.2. The monoisotopic (exact) mass is 361 g/mol. The summed E-state index contributed by atoms with van der Waals surface area (Å²) < 4.78 is 0. The maximum atomic E-state index is 12.5. The molecular formula is C21H19N3OS. The van der Waals surface area contributed by atoms with Crippen LogP contribution >= 0.6 is 11.8 Å². The van der Waals surface area contributed by atoms with E-state index in [4.69, 9.17) is 4.98 Å². The Kier molecular flexibility index (Phi) is 4.97. The molecule has 0 bridgehead atoms. The van der Waals surface area contributed by atoms with Crippen LogP contribution in [0.1, 0.15) is 11.3 Å². The second-order valence-corrected chi connectivity index (χ2v) is 7.25. The predicted molar refractivity (Wildman–Crippen MR) is 104 cm³/mol. The number of aromatic nitrogens is 2. The van der Waals surface area contributed by atoms with Crippen molar-refractivity contribution in [2.75, 3.05) is 12.3 Å². The fourth-order valence-electron chi connectivity index (χ4n) is 3.01. The van der Waals surface area contributed by atoms with E-state index in [9.17, 15) is 4.79 Å². The van der Waals surface area contributed by atoms with Gasteiger partial charge in [0.25, 0.3) is 0 Å². The highest BCUT2D eigenvalue weighted by Gasteiger charge is 2.22. The molecule has 0 N–H and O–H groups in total. The molecule has 0 saturated heterocycles. The highest BCUT2D eigenvalue weighted by atomic mass is 32.2. The summed E-state index contributed by atoms with van der Waals surface area (Å²) in [5.74, 6) is 1.38. The number of thioether (sulfide) groups is 1. The molecule has 0 radical (unpaired) electrons. The summed E-state index contributed by atoms with van der Waals surface area (Å²) in [5, 5.41) is 0. The van der Waals surface area contributed by atoms with Gasteiger partial charge in [-0.05, 0) is 12.1 Å².